The zero-order valence-corrected chi connectivity index (χ0v) is 24.2. The van der Waals surface area contributed by atoms with E-state index in [2.05, 4.69) is 16.1 Å². The molecular formula is C29H26Cl2N2O3S2. The predicted molar refractivity (Wildman–Crippen MR) is 161 cm³/mol. The van der Waals surface area contributed by atoms with Gasteiger partial charge in [-0.1, -0.05) is 65.7 Å². The molecule has 0 unspecified atom stereocenters. The number of Topliss-reactive ketones (excluding diaryl/α,β-unsaturated/α-hetero) is 1. The predicted octanol–water partition coefficient (Wildman–Crippen LogP) is 8.51. The zero-order chi connectivity index (χ0) is 27.7. The number of imide groups is 1. The molecule has 1 saturated heterocycles. The van der Waals surface area contributed by atoms with Gasteiger partial charge < -0.3 is 4.72 Å². The molecular weight excluding hydrogens is 559 g/mol. The summed E-state index contributed by atoms with van der Waals surface area (Å²) in [5.41, 5.74) is 3.94. The molecule has 2 amide bonds. The normalized spacial score (nSPS) is 14.1. The molecule has 1 aliphatic rings. The minimum Gasteiger partial charge on any atom is -0.326 e. The third-order valence-corrected chi connectivity index (χ3v) is 7.76. The molecule has 196 valence electrons. The van der Waals surface area contributed by atoms with Gasteiger partial charge in [-0.25, -0.2) is 0 Å². The Labute approximate surface area is 241 Å². The number of carbonyl (C=O) groups excluding carboxylic acids is 3. The van der Waals surface area contributed by atoms with Gasteiger partial charge in [0.15, 0.2) is 5.78 Å². The van der Waals surface area contributed by atoms with Gasteiger partial charge in [-0.3, -0.25) is 19.7 Å². The van der Waals surface area contributed by atoms with Crippen molar-refractivity contribution in [2.45, 2.75) is 32.1 Å². The fraction of sp³-hybridized carbons (Fsp3) is 0.138. The molecule has 3 aromatic rings. The lowest BCUT2D eigenvalue weighted by molar-refractivity contribution is -0.116. The van der Waals surface area contributed by atoms with E-state index in [1.165, 1.54) is 24.4 Å². The summed E-state index contributed by atoms with van der Waals surface area (Å²) in [6, 6.07) is 21.1. The number of benzene rings is 3. The number of thioether (sulfide) groups is 1. The van der Waals surface area contributed by atoms with E-state index in [4.69, 9.17) is 23.2 Å². The quantitative estimate of drug-likeness (QED) is 0.165. The topological polar surface area (TPSA) is 75.3 Å². The Morgan fingerprint density at radius 2 is 1.76 bits per heavy atom. The maximum Gasteiger partial charge on any atom is 0.290 e. The van der Waals surface area contributed by atoms with Crippen molar-refractivity contribution in [1.82, 2.24) is 5.32 Å². The molecule has 1 aliphatic heterocycles. The smallest absolute Gasteiger partial charge is 0.290 e. The number of hydrogen-bond donors (Lipinski definition) is 2. The Balaban J connectivity index is 0.000000279. The molecule has 0 radical (unpaired) electrons. The van der Waals surface area contributed by atoms with Gasteiger partial charge in [-0.15, -0.1) is 0 Å². The summed E-state index contributed by atoms with van der Waals surface area (Å²) in [5, 5.41) is 2.99. The second-order valence-corrected chi connectivity index (χ2v) is 10.8. The van der Waals surface area contributed by atoms with Crippen LogP contribution in [0.15, 0.2) is 88.7 Å². The van der Waals surface area contributed by atoms with Gasteiger partial charge in [-0.05, 0) is 104 Å². The first kappa shape index (κ1) is 29.6. The first-order valence-electron chi connectivity index (χ1n) is 11.6. The molecule has 9 heteroatoms. The van der Waals surface area contributed by atoms with Gasteiger partial charge in [0.2, 0.25) is 0 Å². The Hall–Kier alpha value is -2.97. The first-order chi connectivity index (χ1) is 18.2. The molecule has 0 spiro atoms. The summed E-state index contributed by atoms with van der Waals surface area (Å²) >= 11 is 13.8. The van der Waals surface area contributed by atoms with Crippen LogP contribution in [0.2, 0.25) is 10.0 Å². The number of nitrogens with one attached hydrogen (secondary N) is 2. The number of halogens is 2. The molecule has 0 atom stereocenters. The second kappa shape index (κ2) is 14.3. The molecule has 0 bridgehead atoms. The number of aryl methyl sites for hydroxylation is 1. The maximum atomic E-state index is 12.2. The number of hydrogen-bond acceptors (Lipinski definition) is 6. The fourth-order valence-electron chi connectivity index (χ4n) is 3.43. The number of rotatable bonds is 7. The minimum absolute atomic E-state index is 0.156. The Bertz CT molecular complexity index is 1410. The van der Waals surface area contributed by atoms with Crippen LogP contribution in [-0.4, -0.2) is 16.9 Å². The number of ketones is 1. The third kappa shape index (κ3) is 8.27. The fourth-order valence-corrected chi connectivity index (χ4v) is 5.26. The van der Waals surface area contributed by atoms with Gasteiger partial charge >= 0.3 is 0 Å². The van der Waals surface area contributed by atoms with Crippen LogP contribution >= 0.6 is 46.9 Å². The highest BCUT2D eigenvalue weighted by Crippen LogP contribution is 2.35. The van der Waals surface area contributed by atoms with E-state index in [0.717, 1.165) is 34.3 Å². The highest BCUT2D eigenvalue weighted by molar-refractivity contribution is 8.18. The van der Waals surface area contributed by atoms with Crippen molar-refractivity contribution in [3.8, 4) is 0 Å². The van der Waals surface area contributed by atoms with Crippen molar-refractivity contribution in [2.75, 3.05) is 4.72 Å². The van der Waals surface area contributed by atoms with Crippen LogP contribution < -0.4 is 10.0 Å². The van der Waals surface area contributed by atoms with E-state index in [-0.39, 0.29) is 16.3 Å². The zero-order valence-electron chi connectivity index (χ0n) is 21.0. The standard InChI is InChI=1S/C19H16N2O3S2.C10H10Cl2/c1-11-8-9-14(26-21-13-6-4-3-5-7-13)10-15(11)16(12(2)22)17-18(23)20-19(24)25-17;1-2-3-4-8-5-6-9(11)10(12)7-8/h3-10,21H,1-2H3,(H,20,23,24);2-3,5-7H,4H2,1H3/b17-16+;3-2-. The van der Waals surface area contributed by atoms with Crippen molar-refractivity contribution in [2.24, 2.45) is 0 Å². The second-order valence-electron chi connectivity index (χ2n) is 8.17. The molecule has 0 aliphatic carbocycles. The van der Waals surface area contributed by atoms with Gasteiger partial charge in [0.05, 0.1) is 15.0 Å². The van der Waals surface area contributed by atoms with Gasteiger partial charge in [-0.2, -0.15) is 0 Å². The Kier molecular flexibility index (Phi) is 11.1. The molecule has 0 aromatic heterocycles. The van der Waals surface area contributed by atoms with Crippen molar-refractivity contribution in [3.63, 3.8) is 0 Å². The lowest BCUT2D eigenvalue weighted by Crippen LogP contribution is -2.19. The van der Waals surface area contributed by atoms with Crippen molar-refractivity contribution in [3.05, 3.63) is 111 Å². The first-order valence-corrected chi connectivity index (χ1v) is 14.0. The number of para-hydroxylation sites is 1. The third-order valence-electron chi connectivity index (χ3n) is 5.31. The molecule has 1 heterocycles. The summed E-state index contributed by atoms with van der Waals surface area (Å²) in [7, 11) is 0. The van der Waals surface area contributed by atoms with Crippen LogP contribution in [0.25, 0.3) is 5.57 Å². The highest BCUT2D eigenvalue weighted by atomic mass is 35.5. The van der Waals surface area contributed by atoms with Gasteiger partial charge in [0.25, 0.3) is 11.1 Å². The lowest BCUT2D eigenvalue weighted by Gasteiger charge is -2.12. The van der Waals surface area contributed by atoms with Crippen molar-refractivity contribution >= 4 is 75.1 Å². The summed E-state index contributed by atoms with van der Waals surface area (Å²) in [5.74, 6) is -0.774. The Morgan fingerprint density at radius 1 is 1.03 bits per heavy atom. The summed E-state index contributed by atoms with van der Waals surface area (Å²) in [6.45, 7) is 5.27. The van der Waals surface area contributed by atoms with E-state index >= 15 is 0 Å². The average molecular weight is 586 g/mol. The van der Waals surface area contributed by atoms with Crippen molar-refractivity contribution < 1.29 is 14.4 Å². The molecule has 3 aromatic carbocycles. The average Bonchev–Trinajstić information content (AvgIpc) is 3.23. The van der Waals surface area contributed by atoms with Crippen LogP contribution in [-0.2, 0) is 16.0 Å². The largest absolute Gasteiger partial charge is 0.326 e. The maximum absolute atomic E-state index is 12.2. The van der Waals surface area contributed by atoms with Crippen LogP contribution in [0.4, 0.5) is 10.5 Å². The summed E-state index contributed by atoms with van der Waals surface area (Å²) in [6.07, 6.45) is 5.01. The van der Waals surface area contributed by atoms with Crippen LogP contribution in [0.1, 0.15) is 30.5 Å². The molecule has 38 heavy (non-hydrogen) atoms. The number of amides is 2. The van der Waals surface area contributed by atoms with Crippen LogP contribution in [0, 0.1) is 6.92 Å². The molecule has 0 saturated carbocycles. The Morgan fingerprint density at radius 3 is 2.37 bits per heavy atom. The number of allylic oxidation sites excluding steroid dienone is 3. The number of anilines is 1. The van der Waals surface area contributed by atoms with Crippen LogP contribution in [0.3, 0.4) is 0 Å². The SMILES string of the molecule is C/C=C\Cc1ccc(Cl)c(Cl)c1.CC(=O)/C(=C1\SC(=O)NC1=O)c1cc(SNc2ccccc2)ccc1C. The molecule has 4 rings (SSSR count). The van der Waals surface area contributed by atoms with Crippen molar-refractivity contribution in [1.29, 1.82) is 0 Å². The summed E-state index contributed by atoms with van der Waals surface area (Å²) < 4.78 is 3.24. The highest BCUT2D eigenvalue weighted by Gasteiger charge is 2.31. The minimum atomic E-state index is -0.523. The van der Waals surface area contributed by atoms with E-state index in [1.807, 2.05) is 86.7 Å². The summed E-state index contributed by atoms with van der Waals surface area (Å²) in [4.78, 5) is 36.8. The lowest BCUT2D eigenvalue weighted by atomic mass is 9.97. The van der Waals surface area contributed by atoms with E-state index in [1.54, 1.807) is 0 Å². The van der Waals surface area contributed by atoms with Gasteiger partial charge in [0, 0.05) is 16.2 Å². The molecule has 1 fully saturated rings. The monoisotopic (exact) mass is 584 g/mol. The van der Waals surface area contributed by atoms with Gasteiger partial charge in [0.1, 0.15) is 0 Å². The molecule has 2 N–H and O–H groups in total. The van der Waals surface area contributed by atoms with E-state index in [0.29, 0.717) is 15.6 Å². The van der Waals surface area contributed by atoms with E-state index in [9.17, 15) is 14.4 Å². The number of carbonyl (C=O) groups is 3. The van der Waals surface area contributed by atoms with Crippen LogP contribution in [0.5, 0.6) is 0 Å². The van der Waals surface area contributed by atoms with E-state index < -0.39 is 11.1 Å². The molecule has 5 nitrogen and oxygen atoms in total.